The first-order chi connectivity index (χ1) is 7.00. The van der Waals surface area contributed by atoms with Gasteiger partial charge in [0.15, 0.2) is 0 Å². The van der Waals surface area contributed by atoms with Gasteiger partial charge in [-0.2, -0.15) is 11.3 Å². The zero-order valence-electron chi connectivity index (χ0n) is 8.56. The van der Waals surface area contributed by atoms with Crippen molar-refractivity contribution in [2.24, 2.45) is 0 Å². The summed E-state index contributed by atoms with van der Waals surface area (Å²) < 4.78 is -0.265. The lowest BCUT2D eigenvalue weighted by atomic mass is 10.0. The van der Waals surface area contributed by atoms with Crippen molar-refractivity contribution in [2.45, 2.75) is 30.0 Å². The average molecular weight is 243 g/mol. The second kappa shape index (κ2) is 3.81. The molecule has 2 atom stereocenters. The molecule has 0 bridgehead atoms. The van der Waals surface area contributed by atoms with Gasteiger partial charge in [-0.3, -0.25) is 10.1 Å². The molecule has 3 nitrogen and oxygen atoms in total. The second-order valence-corrected chi connectivity index (χ2v) is 6.64. The minimum Gasteiger partial charge on any atom is -0.480 e. The van der Waals surface area contributed by atoms with E-state index in [9.17, 15) is 4.79 Å². The fourth-order valence-electron chi connectivity index (χ4n) is 1.71. The maximum absolute atomic E-state index is 11.1. The summed E-state index contributed by atoms with van der Waals surface area (Å²) in [6, 6.07) is 1.56. The third kappa shape index (κ3) is 2.04. The molecule has 0 saturated carbocycles. The molecule has 1 aliphatic heterocycles. The van der Waals surface area contributed by atoms with Crippen LogP contribution in [-0.2, 0) is 4.79 Å². The molecule has 1 aliphatic rings. The van der Waals surface area contributed by atoms with Gasteiger partial charge in [0, 0.05) is 4.75 Å². The van der Waals surface area contributed by atoms with E-state index in [4.69, 9.17) is 5.11 Å². The molecule has 82 valence electrons. The number of rotatable bonds is 2. The number of hydrogen-bond donors (Lipinski definition) is 2. The third-order valence-electron chi connectivity index (χ3n) is 2.53. The number of nitrogens with one attached hydrogen (secondary N) is 1. The minimum absolute atomic E-state index is 0.104. The highest BCUT2D eigenvalue weighted by Crippen LogP contribution is 2.45. The molecule has 15 heavy (non-hydrogen) atoms. The molecule has 2 heterocycles. The number of aliphatic carboxylic acids is 1. The van der Waals surface area contributed by atoms with Crippen LogP contribution in [0.4, 0.5) is 0 Å². The SMILES string of the molecule is CC1(C)SC(c2ccsc2)NC1C(=O)O. The summed E-state index contributed by atoms with van der Waals surface area (Å²) in [5.74, 6) is -0.773. The van der Waals surface area contributed by atoms with Gasteiger partial charge >= 0.3 is 5.97 Å². The average Bonchev–Trinajstić information content (AvgIpc) is 2.69. The molecule has 0 aromatic carbocycles. The molecular weight excluding hydrogens is 230 g/mol. The van der Waals surface area contributed by atoms with Crippen molar-refractivity contribution in [3.63, 3.8) is 0 Å². The van der Waals surface area contributed by atoms with Crippen molar-refractivity contribution in [1.29, 1.82) is 0 Å². The lowest BCUT2D eigenvalue weighted by Gasteiger charge is -2.20. The summed E-state index contributed by atoms with van der Waals surface area (Å²) >= 11 is 3.31. The topological polar surface area (TPSA) is 49.3 Å². The highest BCUT2D eigenvalue weighted by Gasteiger charge is 2.45. The van der Waals surface area contributed by atoms with E-state index in [1.54, 1.807) is 23.1 Å². The Kier molecular flexibility index (Phi) is 2.79. The molecule has 2 unspecified atom stereocenters. The number of carbonyl (C=O) groups is 1. The van der Waals surface area contributed by atoms with Crippen LogP contribution in [0.5, 0.6) is 0 Å². The summed E-state index contributed by atoms with van der Waals surface area (Å²) in [6.45, 7) is 3.94. The zero-order valence-corrected chi connectivity index (χ0v) is 10.2. The Morgan fingerprint density at radius 2 is 2.33 bits per heavy atom. The summed E-state index contributed by atoms with van der Waals surface area (Å²) in [4.78, 5) is 11.1. The van der Waals surface area contributed by atoms with E-state index < -0.39 is 12.0 Å². The molecule has 2 rings (SSSR count). The lowest BCUT2D eigenvalue weighted by Crippen LogP contribution is -2.43. The Balaban J connectivity index is 2.19. The van der Waals surface area contributed by atoms with Gasteiger partial charge in [0.1, 0.15) is 6.04 Å². The van der Waals surface area contributed by atoms with Crippen molar-refractivity contribution < 1.29 is 9.90 Å². The minimum atomic E-state index is -0.773. The van der Waals surface area contributed by atoms with Crippen LogP contribution in [0.3, 0.4) is 0 Å². The predicted molar refractivity (Wildman–Crippen MR) is 63.3 cm³/mol. The maximum Gasteiger partial charge on any atom is 0.322 e. The van der Waals surface area contributed by atoms with Gasteiger partial charge < -0.3 is 5.11 Å². The van der Waals surface area contributed by atoms with Crippen LogP contribution in [0.25, 0.3) is 0 Å². The van der Waals surface area contributed by atoms with Gasteiger partial charge in [0.2, 0.25) is 0 Å². The van der Waals surface area contributed by atoms with Crippen LogP contribution < -0.4 is 5.32 Å². The molecule has 0 spiro atoms. The van der Waals surface area contributed by atoms with Gasteiger partial charge in [-0.05, 0) is 36.2 Å². The summed E-state index contributed by atoms with van der Waals surface area (Å²) in [5, 5.41) is 16.4. The number of carboxylic acids is 1. The van der Waals surface area contributed by atoms with E-state index in [-0.39, 0.29) is 10.1 Å². The molecular formula is C10H13NO2S2. The molecule has 0 aliphatic carbocycles. The van der Waals surface area contributed by atoms with Crippen molar-refractivity contribution >= 4 is 29.1 Å². The normalized spacial score (nSPS) is 29.2. The van der Waals surface area contributed by atoms with E-state index in [1.807, 2.05) is 25.3 Å². The maximum atomic E-state index is 11.1. The Bertz CT molecular complexity index is 362. The van der Waals surface area contributed by atoms with Crippen LogP contribution in [-0.4, -0.2) is 21.9 Å². The standard InChI is InChI=1S/C10H13NO2S2/c1-10(2)7(9(12)13)11-8(15-10)6-3-4-14-5-6/h3-5,7-8,11H,1-2H3,(H,12,13). The Hall–Kier alpha value is -0.520. The first kappa shape index (κ1) is 11.0. The molecule has 1 fully saturated rings. The summed E-state index contributed by atoms with van der Waals surface area (Å²) in [5.41, 5.74) is 1.17. The van der Waals surface area contributed by atoms with Gasteiger partial charge in [-0.15, -0.1) is 11.8 Å². The zero-order chi connectivity index (χ0) is 11.1. The van der Waals surface area contributed by atoms with E-state index in [2.05, 4.69) is 10.7 Å². The number of carboxylic acid groups (broad SMARTS) is 1. The number of thioether (sulfide) groups is 1. The van der Waals surface area contributed by atoms with Crippen LogP contribution in [0, 0.1) is 0 Å². The molecule has 1 aromatic rings. The smallest absolute Gasteiger partial charge is 0.322 e. The predicted octanol–water partition coefficient (Wildman–Crippen LogP) is 2.31. The van der Waals surface area contributed by atoms with E-state index in [0.717, 1.165) is 0 Å². The van der Waals surface area contributed by atoms with Crippen molar-refractivity contribution in [2.75, 3.05) is 0 Å². The van der Waals surface area contributed by atoms with Crippen LogP contribution in [0.1, 0.15) is 24.8 Å². The molecule has 0 amide bonds. The highest BCUT2D eigenvalue weighted by molar-refractivity contribution is 8.01. The van der Waals surface area contributed by atoms with Gasteiger partial charge in [0.25, 0.3) is 0 Å². The first-order valence-corrected chi connectivity index (χ1v) is 6.52. The second-order valence-electron chi connectivity index (χ2n) is 4.10. The van der Waals surface area contributed by atoms with Gasteiger partial charge in [-0.25, -0.2) is 0 Å². The summed E-state index contributed by atoms with van der Waals surface area (Å²) in [6.07, 6.45) is 0. The highest BCUT2D eigenvalue weighted by atomic mass is 32.2. The number of thiophene rings is 1. The van der Waals surface area contributed by atoms with E-state index in [1.165, 1.54) is 5.56 Å². The molecule has 0 radical (unpaired) electrons. The van der Waals surface area contributed by atoms with Crippen LogP contribution >= 0.6 is 23.1 Å². The van der Waals surface area contributed by atoms with Gasteiger partial charge in [0.05, 0.1) is 5.37 Å². The van der Waals surface area contributed by atoms with Crippen molar-refractivity contribution in [3.05, 3.63) is 22.4 Å². The molecule has 1 saturated heterocycles. The van der Waals surface area contributed by atoms with Crippen molar-refractivity contribution in [1.82, 2.24) is 5.32 Å². The summed E-state index contributed by atoms with van der Waals surface area (Å²) in [7, 11) is 0. The fourth-order valence-corrected chi connectivity index (χ4v) is 3.89. The van der Waals surface area contributed by atoms with Gasteiger partial charge in [-0.1, -0.05) is 0 Å². The Labute approximate surface area is 96.9 Å². The van der Waals surface area contributed by atoms with E-state index in [0.29, 0.717) is 0 Å². The van der Waals surface area contributed by atoms with E-state index >= 15 is 0 Å². The number of hydrogen-bond acceptors (Lipinski definition) is 4. The third-order valence-corrected chi connectivity index (χ3v) is 4.72. The quantitative estimate of drug-likeness (QED) is 0.837. The molecule has 5 heteroatoms. The fraction of sp³-hybridized carbons (Fsp3) is 0.500. The Morgan fingerprint density at radius 1 is 1.60 bits per heavy atom. The molecule has 2 N–H and O–H groups in total. The van der Waals surface area contributed by atoms with Crippen LogP contribution in [0.15, 0.2) is 16.8 Å². The Morgan fingerprint density at radius 3 is 2.80 bits per heavy atom. The van der Waals surface area contributed by atoms with Crippen LogP contribution in [0.2, 0.25) is 0 Å². The largest absolute Gasteiger partial charge is 0.480 e. The first-order valence-electron chi connectivity index (χ1n) is 4.69. The lowest BCUT2D eigenvalue weighted by molar-refractivity contribution is -0.139. The van der Waals surface area contributed by atoms with Crippen molar-refractivity contribution in [3.8, 4) is 0 Å². The molecule has 1 aromatic heterocycles. The monoisotopic (exact) mass is 243 g/mol.